The van der Waals surface area contributed by atoms with Gasteiger partial charge in [-0.1, -0.05) is 0 Å². The van der Waals surface area contributed by atoms with E-state index >= 15 is 0 Å². The standard InChI is InChI=1S/C17H21BrN2O7/c1-9-5-6-11(12(18)19-9)26-17(14(23)24)7-10(13(21)22)20(8-17)15(25)27-16(2,3)4/h5-6,10H,7-8H2,1-4H3,(H,21,22)(H,23,24)/t10-,17+/m0/s1. The van der Waals surface area contributed by atoms with Gasteiger partial charge >= 0.3 is 18.0 Å². The van der Waals surface area contributed by atoms with Crippen LogP contribution in [0.2, 0.25) is 0 Å². The first kappa shape index (κ1) is 20.9. The number of pyridine rings is 1. The number of carboxylic acid groups (broad SMARTS) is 2. The highest BCUT2D eigenvalue weighted by Crippen LogP contribution is 2.36. The number of ether oxygens (including phenoxy) is 2. The number of halogens is 1. The average molecular weight is 445 g/mol. The number of hydrogen-bond donors (Lipinski definition) is 2. The number of nitrogens with zero attached hydrogens (tertiary/aromatic N) is 2. The maximum Gasteiger partial charge on any atom is 0.411 e. The molecule has 1 aliphatic heterocycles. The highest BCUT2D eigenvalue weighted by atomic mass is 79.9. The molecule has 2 atom stereocenters. The first-order valence-corrected chi connectivity index (χ1v) is 8.92. The van der Waals surface area contributed by atoms with Crippen LogP contribution in [0.5, 0.6) is 5.75 Å². The van der Waals surface area contributed by atoms with Crippen molar-refractivity contribution in [1.82, 2.24) is 9.88 Å². The lowest BCUT2D eigenvalue weighted by Gasteiger charge is -2.28. The zero-order valence-electron chi connectivity index (χ0n) is 15.4. The molecule has 1 amide bonds. The van der Waals surface area contributed by atoms with E-state index in [4.69, 9.17) is 9.47 Å². The molecule has 0 spiro atoms. The lowest BCUT2D eigenvalue weighted by atomic mass is 10.00. The van der Waals surface area contributed by atoms with E-state index in [-0.39, 0.29) is 10.4 Å². The number of aliphatic carboxylic acids is 2. The lowest BCUT2D eigenvalue weighted by Crippen LogP contribution is -2.48. The summed E-state index contributed by atoms with van der Waals surface area (Å²) in [5, 5.41) is 19.3. The second kappa shape index (κ2) is 7.34. The van der Waals surface area contributed by atoms with E-state index in [0.717, 1.165) is 4.90 Å². The molecule has 1 aromatic rings. The number of aryl methyl sites for hydroxylation is 1. The fraction of sp³-hybridized carbons (Fsp3) is 0.529. The van der Waals surface area contributed by atoms with Crippen molar-refractivity contribution in [2.24, 2.45) is 0 Å². The number of amides is 1. The molecule has 1 aliphatic rings. The Labute approximate surface area is 164 Å². The van der Waals surface area contributed by atoms with Gasteiger partial charge in [0.25, 0.3) is 0 Å². The smallest absolute Gasteiger partial charge is 0.411 e. The Kier molecular flexibility index (Phi) is 5.69. The molecular weight excluding hydrogens is 424 g/mol. The predicted octanol–water partition coefficient (Wildman–Crippen LogP) is 2.45. The molecule has 148 valence electrons. The Balaban J connectivity index is 2.38. The lowest BCUT2D eigenvalue weighted by molar-refractivity contribution is -0.154. The minimum Gasteiger partial charge on any atom is -0.480 e. The van der Waals surface area contributed by atoms with Crippen LogP contribution < -0.4 is 4.74 Å². The largest absolute Gasteiger partial charge is 0.480 e. The highest BCUT2D eigenvalue weighted by molar-refractivity contribution is 9.10. The number of carboxylic acids is 2. The summed E-state index contributed by atoms with van der Waals surface area (Å²) in [6.45, 7) is 6.17. The normalized spacial score (nSPS) is 22.4. The molecule has 2 N–H and O–H groups in total. The molecule has 0 aliphatic carbocycles. The van der Waals surface area contributed by atoms with Crippen molar-refractivity contribution in [3.63, 3.8) is 0 Å². The zero-order valence-corrected chi connectivity index (χ0v) is 16.9. The summed E-state index contributed by atoms with van der Waals surface area (Å²) in [6.07, 6.45) is -1.35. The highest BCUT2D eigenvalue weighted by Gasteiger charge is 2.57. The third-order valence-electron chi connectivity index (χ3n) is 3.89. The van der Waals surface area contributed by atoms with Crippen LogP contribution in [0.1, 0.15) is 32.9 Å². The third kappa shape index (κ3) is 4.68. The van der Waals surface area contributed by atoms with Crippen LogP contribution in [-0.4, -0.2) is 61.9 Å². The molecule has 2 rings (SSSR count). The van der Waals surface area contributed by atoms with Crippen LogP contribution in [0.3, 0.4) is 0 Å². The molecule has 1 saturated heterocycles. The fourth-order valence-electron chi connectivity index (χ4n) is 2.68. The molecule has 1 aromatic heterocycles. The van der Waals surface area contributed by atoms with Gasteiger partial charge in [-0.15, -0.1) is 0 Å². The maximum absolute atomic E-state index is 12.4. The van der Waals surface area contributed by atoms with Crippen LogP contribution in [-0.2, 0) is 14.3 Å². The number of rotatable bonds is 4. The van der Waals surface area contributed by atoms with Crippen LogP contribution in [0, 0.1) is 6.92 Å². The monoisotopic (exact) mass is 444 g/mol. The van der Waals surface area contributed by atoms with Crippen LogP contribution in [0.4, 0.5) is 4.79 Å². The van der Waals surface area contributed by atoms with E-state index in [2.05, 4.69) is 20.9 Å². The summed E-state index contributed by atoms with van der Waals surface area (Å²) in [7, 11) is 0. The summed E-state index contributed by atoms with van der Waals surface area (Å²) in [6, 6.07) is 1.77. The van der Waals surface area contributed by atoms with Crippen LogP contribution in [0.15, 0.2) is 16.7 Å². The molecule has 0 unspecified atom stereocenters. The molecular formula is C17H21BrN2O7. The molecule has 0 aromatic carbocycles. The number of likely N-dealkylation sites (tertiary alicyclic amines) is 1. The summed E-state index contributed by atoms with van der Waals surface area (Å²) in [5.41, 5.74) is -2.12. The molecule has 0 radical (unpaired) electrons. The van der Waals surface area contributed by atoms with E-state index in [1.54, 1.807) is 33.8 Å². The van der Waals surface area contributed by atoms with E-state index < -0.39 is 48.2 Å². The van der Waals surface area contributed by atoms with Crippen molar-refractivity contribution in [2.75, 3.05) is 6.54 Å². The summed E-state index contributed by atoms with van der Waals surface area (Å²) < 4.78 is 11.2. The zero-order chi connectivity index (χ0) is 20.6. The Hall–Kier alpha value is -2.36. The number of aromatic nitrogens is 1. The van der Waals surface area contributed by atoms with E-state index in [9.17, 15) is 24.6 Å². The fourth-order valence-corrected chi connectivity index (χ4v) is 3.17. The van der Waals surface area contributed by atoms with Gasteiger partial charge in [0.1, 0.15) is 16.2 Å². The van der Waals surface area contributed by atoms with Crippen molar-refractivity contribution in [1.29, 1.82) is 0 Å². The molecule has 0 bridgehead atoms. The minimum atomic E-state index is -1.95. The Bertz CT molecular complexity index is 777. The molecule has 1 fully saturated rings. The number of carbonyl (C=O) groups excluding carboxylic acids is 1. The van der Waals surface area contributed by atoms with Gasteiger partial charge in [0, 0.05) is 12.1 Å². The maximum atomic E-state index is 12.4. The molecule has 10 heteroatoms. The van der Waals surface area contributed by atoms with E-state index in [0.29, 0.717) is 5.69 Å². The second-order valence-corrected chi connectivity index (χ2v) is 8.06. The average Bonchev–Trinajstić information content (AvgIpc) is 2.90. The molecule has 9 nitrogen and oxygen atoms in total. The van der Waals surface area contributed by atoms with Gasteiger partial charge in [0.05, 0.1) is 6.54 Å². The van der Waals surface area contributed by atoms with Gasteiger partial charge in [-0.05, 0) is 55.8 Å². The molecule has 2 heterocycles. The van der Waals surface area contributed by atoms with Crippen molar-refractivity contribution in [3.05, 3.63) is 22.4 Å². The first-order chi connectivity index (χ1) is 12.3. The quantitative estimate of drug-likeness (QED) is 0.677. The molecule has 27 heavy (non-hydrogen) atoms. The number of hydrogen-bond acceptors (Lipinski definition) is 6. The van der Waals surface area contributed by atoms with Crippen molar-refractivity contribution in [3.8, 4) is 5.75 Å². The summed E-state index contributed by atoms with van der Waals surface area (Å²) >= 11 is 3.20. The molecule has 0 saturated carbocycles. The second-order valence-electron chi connectivity index (χ2n) is 7.31. The SMILES string of the molecule is Cc1ccc(O[C@]2(C(=O)O)C[C@@H](C(=O)O)N(C(=O)OC(C)(C)C)C2)c(Br)n1. The van der Waals surface area contributed by atoms with Gasteiger partial charge in [-0.25, -0.2) is 19.4 Å². The Morgan fingerprint density at radius 3 is 2.41 bits per heavy atom. The van der Waals surface area contributed by atoms with E-state index in [1.807, 2.05) is 0 Å². The van der Waals surface area contributed by atoms with Crippen molar-refractivity contribution >= 4 is 34.0 Å². The van der Waals surface area contributed by atoms with Gasteiger partial charge in [-0.3, -0.25) is 4.90 Å². The number of carbonyl (C=O) groups is 3. The Morgan fingerprint density at radius 1 is 1.30 bits per heavy atom. The summed E-state index contributed by atoms with van der Waals surface area (Å²) in [5.74, 6) is -2.58. The van der Waals surface area contributed by atoms with Gasteiger partial charge in [0.2, 0.25) is 5.60 Å². The Morgan fingerprint density at radius 2 is 1.93 bits per heavy atom. The topological polar surface area (TPSA) is 126 Å². The van der Waals surface area contributed by atoms with Gasteiger partial charge in [-0.2, -0.15) is 0 Å². The minimum absolute atomic E-state index is 0.137. The summed E-state index contributed by atoms with van der Waals surface area (Å²) in [4.78, 5) is 41.1. The third-order valence-corrected chi connectivity index (χ3v) is 4.46. The van der Waals surface area contributed by atoms with Crippen LogP contribution in [0.25, 0.3) is 0 Å². The van der Waals surface area contributed by atoms with Crippen LogP contribution >= 0.6 is 15.9 Å². The van der Waals surface area contributed by atoms with Gasteiger partial charge in [0.15, 0.2) is 5.75 Å². The predicted molar refractivity (Wildman–Crippen MR) is 96.6 cm³/mol. The van der Waals surface area contributed by atoms with Crippen molar-refractivity contribution in [2.45, 2.75) is 51.4 Å². The van der Waals surface area contributed by atoms with E-state index in [1.165, 1.54) is 6.07 Å². The van der Waals surface area contributed by atoms with Crippen molar-refractivity contribution < 1.29 is 34.1 Å². The van der Waals surface area contributed by atoms with Gasteiger partial charge < -0.3 is 19.7 Å². The first-order valence-electron chi connectivity index (χ1n) is 8.13.